The first-order chi connectivity index (χ1) is 7.14. The van der Waals surface area contributed by atoms with Crippen molar-refractivity contribution >= 4 is 5.78 Å². The summed E-state index contributed by atoms with van der Waals surface area (Å²) in [6, 6.07) is 0. The maximum atomic E-state index is 11.7. The van der Waals surface area contributed by atoms with Gasteiger partial charge < -0.3 is 9.47 Å². The van der Waals surface area contributed by atoms with Crippen LogP contribution >= 0.6 is 0 Å². The zero-order chi connectivity index (χ0) is 11.5. The van der Waals surface area contributed by atoms with Crippen molar-refractivity contribution in [1.82, 2.24) is 0 Å². The second-order valence-electron chi connectivity index (χ2n) is 3.57. The minimum absolute atomic E-state index is 0.0528. The monoisotopic (exact) mass is 210 g/mol. The number of allylic oxidation sites excluding steroid dienone is 2. The van der Waals surface area contributed by atoms with Crippen molar-refractivity contribution in [2.45, 2.75) is 32.5 Å². The lowest BCUT2D eigenvalue weighted by atomic mass is 9.78. The number of ether oxygens (including phenoxy) is 2. The maximum Gasteiger partial charge on any atom is 0.256 e. The lowest BCUT2D eigenvalue weighted by molar-refractivity contribution is -0.196. The summed E-state index contributed by atoms with van der Waals surface area (Å²) in [6.45, 7) is 3.80. The van der Waals surface area contributed by atoms with Crippen LogP contribution in [0.25, 0.3) is 0 Å². The van der Waals surface area contributed by atoms with Gasteiger partial charge in [0.1, 0.15) is 0 Å². The Hall–Kier alpha value is -0.930. The molecule has 0 saturated carbocycles. The van der Waals surface area contributed by atoms with E-state index in [-0.39, 0.29) is 5.78 Å². The van der Waals surface area contributed by atoms with Gasteiger partial charge in [0.2, 0.25) is 5.78 Å². The lowest BCUT2D eigenvalue weighted by Gasteiger charge is -2.40. The molecule has 0 aromatic carbocycles. The standard InChI is InChI=1S/C12H18O3/c1-5-6-7-8-10-9(2)11(13)12(10,14-3)15-4/h5-6H,7-8H2,1-4H3/b6-5+. The number of carbonyl (C=O) groups is 1. The van der Waals surface area contributed by atoms with Gasteiger partial charge in [0.15, 0.2) is 0 Å². The molecule has 0 N–H and O–H groups in total. The van der Waals surface area contributed by atoms with Crippen molar-refractivity contribution in [3.05, 3.63) is 23.3 Å². The highest BCUT2D eigenvalue weighted by Crippen LogP contribution is 2.40. The molecule has 0 atom stereocenters. The van der Waals surface area contributed by atoms with Gasteiger partial charge in [-0.15, -0.1) is 0 Å². The topological polar surface area (TPSA) is 35.5 Å². The zero-order valence-corrected chi connectivity index (χ0v) is 9.79. The van der Waals surface area contributed by atoms with Crippen LogP contribution in [0.15, 0.2) is 23.3 Å². The number of ketones is 1. The summed E-state index contributed by atoms with van der Waals surface area (Å²) in [5.74, 6) is -1.14. The van der Waals surface area contributed by atoms with E-state index in [1.54, 1.807) is 0 Å². The molecule has 1 aliphatic carbocycles. The smallest absolute Gasteiger partial charge is 0.256 e. The fourth-order valence-electron chi connectivity index (χ4n) is 1.97. The fraction of sp³-hybridized carbons (Fsp3) is 0.583. The molecule has 0 saturated heterocycles. The number of hydrogen-bond donors (Lipinski definition) is 0. The Labute approximate surface area is 90.8 Å². The molecule has 0 amide bonds. The molecule has 0 bridgehead atoms. The summed E-state index contributed by atoms with van der Waals surface area (Å²) in [4.78, 5) is 11.7. The summed E-state index contributed by atoms with van der Waals surface area (Å²) in [5, 5.41) is 0. The number of methoxy groups -OCH3 is 2. The van der Waals surface area contributed by atoms with E-state index in [1.165, 1.54) is 14.2 Å². The van der Waals surface area contributed by atoms with E-state index in [2.05, 4.69) is 6.08 Å². The van der Waals surface area contributed by atoms with Crippen LogP contribution in [0, 0.1) is 0 Å². The summed E-state index contributed by atoms with van der Waals surface area (Å²) in [7, 11) is 3.01. The lowest BCUT2D eigenvalue weighted by Crippen LogP contribution is -2.53. The Morgan fingerprint density at radius 2 is 1.93 bits per heavy atom. The van der Waals surface area contributed by atoms with Crippen LogP contribution in [-0.2, 0) is 14.3 Å². The largest absolute Gasteiger partial charge is 0.343 e. The molecule has 0 radical (unpaired) electrons. The minimum Gasteiger partial charge on any atom is -0.343 e. The number of rotatable bonds is 5. The average molecular weight is 210 g/mol. The first-order valence-electron chi connectivity index (χ1n) is 5.10. The van der Waals surface area contributed by atoms with E-state index in [0.717, 1.165) is 24.0 Å². The predicted molar refractivity (Wildman–Crippen MR) is 58.5 cm³/mol. The molecule has 0 unspecified atom stereocenters. The Morgan fingerprint density at radius 3 is 2.40 bits per heavy atom. The number of hydrogen-bond acceptors (Lipinski definition) is 3. The molecular weight excluding hydrogens is 192 g/mol. The van der Waals surface area contributed by atoms with E-state index in [4.69, 9.17) is 9.47 Å². The SMILES string of the molecule is C/C=C/CCC1=C(C)C(=O)C1(OC)OC. The van der Waals surface area contributed by atoms with Gasteiger partial charge in [-0.1, -0.05) is 12.2 Å². The van der Waals surface area contributed by atoms with Gasteiger partial charge in [-0.05, 0) is 26.7 Å². The van der Waals surface area contributed by atoms with Crippen molar-refractivity contribution in [3.8, 4) is 0 Å². The molecule has 0 spiro atoms. The zero-order valence-electron chi connectivity index (χ0n) is 9.79. The van der Waals surface area contributed by atoms with Crippen LogP contribution in [0.3, 0.4) is 0 Å². The van der Waals surface area contributed by atoms with Crippen molar-refractivity contribution in [1.29, 1.82) is 0 Å². The third kappa shape index (κ3) is 1.77. The second kappa shape index (κ2) is 4.73. The normalized spacial score (nSPS) is 19.9. The molecule has 3 heteroatoms. The van der Waals surface area contributed by atoms with Crippen LogP contribution in [0.5, 0.6) is 0 Å². The predicted octanol–water partition coefficient (Wildman–Crippen LogP) is 2.23. The molecule has 84 valence electrons. The van der Waals surface area contributed by atoms with E-state index in [1.807, 2.05) is 19.9 Å². The highest BCUT2D eigenvalue weighted by molar-refractivity contribution is 6.10. The molecule has 1 aliphatic rings. The van der Waals surface area contributed by atoms with Gasteiger partial charge in [0.05, 0.1) is 0 Å². The maximum absolute atomic E-state index is 11.7. The molecule has 0 heterocycles. The van der Waals surface area contributed by atoms with Gasteiger partial charge in [-0.25, -0.2) is 0 Å². The van der Waals surface area contributed by atoms with Gasteiger partial charge >= 0.3 is 0 Å². The van der Waals surface area contributed by atoms with Crippen molar-refractivity contribution in [2.24, 2.45) is 0 Å². The van der Waals surface area contributed by atoms with Gasteiger partial charge in [0, 0.05) is 25.4 Å². The Kier molecular flexibility index (Phi) is 3.83. The summed E-state index contributed by atoms with van der Waals surface area (Å²) < 4.78 is 10.4. The fourth-order valence-corrected chi connectivity index (χ4v) is 1.97. The Morgan fingerprint density at radius 1 is 1.33 bits per heavy atom. The van der Waals surface area contributed by atoms with Gasteiger partial charge in [-0.3, -0.25) is 4.79 Å². The first-order valence-corrected chi connectivity index (χ1v) is 5.10. The van der Waals surface area contributed by atoms with Crippen molar-refractivity contribution in [3.63, 3.8) is 0 Å². The average Bonchev–Trinajstić information content (AvgIpc) is 2.28. The molecule has 0 fully saturated rings. The molecule has 0 aromatic rings. The van der Waals surface area contributed by atoms with Crippen molar-refractivity contribution < 1.29 is 14.3 Å². The molecule has 0 aliphatic heterocycles. The van der Waals surface area contributed by atoms with Gasteiger partial charge in [-0.2, -0.15) is 0 Å². The van der Waals surface area contributed by atoms with Crippen LogP contribution in [0.2, 0.25) is 0 Å². The molecule has 15 heavy (non-hydrogen) atoms. The third-order valence-electron chi connectivity index (χ3n) is 2.86. The highest BCUT2D eigenvalue weighted by Gasteiger charge is 2.52. The van der Waals surface area contributed by atoms with Crippen molar-refractivity contribution in [2.75, 3.05) is 14.2 Å². The third-order valence-corrected chi connectivity index (χ3v) is 2.86. The van der Waals surface area contributed by atoms with E-state index in [9.17, 15) is 4.79 Å². The highest BCUT2D eigenvalue weighted by atomic mass is 16.7. The van der Waals surface area contributed by atoms with Gasteiger partial charge in [0.25, 0.3) is 5.79 Å². The Balaban J connectivity index is 2.81. The van der Waals surface area contributed by atoms with E-state index in [0.29, 0.717) is 0 Å². The van der Waals surface area contributed by atoms with Crippen LogP contribution in [0.4, 0.5) is 0 Å². The summed E-state index contributed by atoms with van der Waals surface area (Å²) in [6.07, 6.45) is 5.78. The van der Waals surface area contributed by atoms with E-state index < -0.39 is 5.79 Å². The summed E-state index contributed by atoms with van der Waals surface area (Å²) in [5.41, 5.74) is 1.75. The van der Waals surface area contributed by atoms with Crippen LogP contribution < -0.4 is 0 Å². The Bertz CT molecular complexity index is 309. The molecular formula is C12H18O3. The number of Topliss-reactive ketones (excluding diaryl/α,β-unsaturated/α-hetero) is 1. The van der Waals surface area contributed by atoms with Crippen LogP contribution in [-0.4, -0.2) is 25.8 Å². The second-order valence-corrected chi connectivity index (χ2v) is 3.57. The summed E-state index contributed by atoms with van der Waals surface area (Å²) >= 11 is 0. The molecule has 3 nitrogen and oxygen atoms in total. The van der Waals surface area contributed by atoms with E-state index >= 15 is 0 Å². The molecule has 1 rings (SSSR count). The quantitative estimate of drug-likeness (QED) is 0.515. The number of carbonyl (C=O) groups excluding carboxylic acids is 1. The minimum atomic E-state index is -1.09. The molecule has 0 aromatic heterocycles. The van der Waals surface area contributed by atoms with Crippen LogP contribution in [0.1, 0.15) is 26.7 Å². The first kappa shape index (κ1) is 12.1.